The monoisotopic (exact) mass is 303 g/mol. The molecule has 4 N–H and O–H groups in total. The smallest absolute Gasteiger partial charge is 0.243 e. The maximum absolute atomic E-state index is 12.6. The summed E-state index contributed by atoms with van der Waals surface area (Å²) in [6.07, 6.45) is 1.63. The Morgan fingerprint density at radius 2 is 2.16 bits per heavy atom. The molecule has 0 bridgehead atoms. The van der Waals surface area contributed by atoms with Crippen molar-refractivity contribution >= 4 is 21.6 Å². The third-order valence-corrected chi connectivity index (χ3v) is 5.62. The second-order valence-corrected chi connectivity index (χ2v) is 7.00. The quantitative estimate of drug-likeness (QED) is 0.868. The molecule has 0 amide bonds. The van der Waals surface area contributed by atoms with Crippen molar-refractivity contribution in [3.63, 3.8) is 0 Å². The molecule has 0 saturated carbocycles. The molecule has 1 saturated heterocycles. The van der Waals surface area contributed by atoms with E-state index in [0.717, 1.165) is 12.8 Å². The Balaban J connectivity index is 2.42. The maximum atomic E-state index is 12.6. The summed E-state index contributed by atoms with van der Waals surface area (Å²) in [5, 5.41) is 0.380. The lowest BCUT2D eigenvalue weighted by Crippen LogP contribution is -2.45. The molecule has 1 heterocycles. The minimum Gasteiger partial charge on any atom is -0.327 e. The van der Waals surface area contributed by atoms with E-state index in [1.54, 1.807) is 18.2 Å². The standard InChI is InChI=1S/C12H18ClN3O2S/c13-11-4-1-5-12(10(11)7-14)19(17,18)16-6-2-3-9(15)8-16/h1,4-5,9H,2-3,6-8,14-15H2. The molecule has 0 spiro atoms. The Morgan fingerprint density at radius 3 is 2.79 bits per heavy atom. The van der Waals surface area contributed by atoms with Crippen molar-refractivity contribution in [1.82, 2.24) is 4.31 Å². The molecule has 1 atom stereocenters. The van der Waals surface area contributed by atoms with E-state index in [2.05, 4.69) is 0 Å². The Bertz CT molecular complexity index is 562. The van der Waals surface area contributed by atoms with Crippen LogP contribution in [0.15, 0.2) is 23.1 Å². The van der Waals surface area contributed by atoms with E-state index in [0.29, 0.717) is 23.7 Å². The average molecular weight is 304 g/mol. The van der Waals surface area contributed by atoms with E-state index in [4.69, 9.17) is 23.1 Å². The zero-order chi connectivity index (χ0) is 14.0. The Hall–Kier alpha value is -0.660. The highest BCUT2D eigenvalue weighted by Crippen LogP contribution is 2.27. The molecular weight excluding hydrogens is 286 g/mol. The van der Waals surface area contributed by atoms with Crippen molar-refractivity contribution in [1.29, 1.82) is 0 Å². The van der Waals surface area contributed by atoms with Gasteiger partial charge in [0.25, 0.3) is 0 Å². The van der Waals surface area contributed by atoms with E-state index in [1.165, 1.54) is 4.31 Å². The number of halogens is 1. The van der Waals surface area contributed by atoms with Gasteiger partial charge in [-0.25, -0.2) is 8.42 Å². The molecule has 106 valence electrons. The van der Waals surface area contributed by atoms with Crippen LogP contribution in [0.4, 0.5) is 0 Å². The van der Waals surface area contributed by atoms with Gasteiger partial charge in [-0.15, -0.1) is 0 Å². The number of nitrogens with zero attached hydrogens (tertiary/aromatic N) is 1. The number of piperidine rings is 1. The van der Waals surface area contributed by atoms with Crippen molar-refractivity contribution in [2.24, 2.45) is 11.5 Å². The molecule has 1 fully saturated rings. The Labute approximate surface area is 118 Å². The first-order valence-electron chi connectivity index (χ1n) is 6.20. The van der Waals surface area contributed by atoms with Crippen LogP contribution in [0.25, 0.3) is 0 Å². The molecule has 0 aliphatic carbocycles. The van der Waals surface area contributed by atoms with Gasteiger partial charge in [0.15, 0.2) is 0 Å². The van der Waals surface area contributed by atoms with Gasteiger partial charge >= 0.3 is 0 Å². The summed E-state index contributed by atoms with van der Waals surface area (Å²) in [7, 11) is -3.57. The second-order valence-electron chi connectivity index (χ2n) is 4.69. The molecule has 19 heavy (non-hydrogen) atoms. The van der Waals surface area contributed by atoms with E-state index in [1.807, 2.05) is 0 Å². The topological polar surface area (TPSA) is 89.4 Å². The highest BCUT2D eigenvalue weighted by Gasteiger charge is 2.30. The molecule has 0 aromatic heterocycles. The molecule has 1 aliphatic heterocycles. The second kappa shape index (κ2) is 5.76. The lowest BCUT2D eigenvalue weighted by molar-refractivity contribution is 0.316. The molecule has 2 rings (SSSR count). The fourth-order valence-corrected chi connectivity index (χ4v) is 4.41. The maximum Gasteiger partial charge on any atom is 0.243 e. The number of nitrogens with two attached hydrogens (primary N) is 2. The lowest BCUT2D eigenvalue weighted by Gasteiger charge is -2.30. The van der Waals surface area contributed by atoms with Crippen LogP contribution >= 0.6 is 11.6 Å². The molecule has 1 aromatic rings. The van der Waals surface area contributed by atoms with Crippen molar-refractivity contribution in [2.75, 3.05) is 13.1 Å². The molecule has 1 aromatic carbocycles. The minimum absolute atomic E-state index is 0.0914. The van der Waals surface area contributed by atoms with Gasteiger partial charge in [0.2, 0.25) is 10.0 Å². The predicted octanol–water partition coefficient (Wildman–Crippen LogP) is 0.910. The first-order valence-corrected chi connectivity index (χ1v) is 8.02. The first kappa shape index (κ1) is 14.7. The first-order chi connectivity index (χ1) is 8.96. The van der Waals surface area contributed by atoms with E-state index < -0.39 is 10.0 Å². The lowest BCUT2D eigenvalue weighted by atomic mass is 10.1. The van der Waals surface area contributed by atoms with Crippen LogP contribution in [0, 0.1) is 0 Å². The molecule has 1 unspecified atom stereocenters. The third kappa shape index (κ3) is 2.93. The summed E-state index contributed by atoms with van der Waals surface area (Å²) in [4.78, 5) is 0.191. The highest BCUT2D eigenvalue weighted by molar-refractivity contribution is 7.89. The van der Waals surface area contributed by atoms with Gasteiger partial charge in [0.05, 0.1) is 4.90 Å². The number of rotatable bonds is 3. The van der Waals surface area contributed by atoms with Gasteiger partial charge in [-0.1, -0.05) is 17.7 Å². The summed E-state index contributed by atoms with van der Waals surface area (Å²) in [5.41, 5.74) is 11.9. The van der Waals surface area contributed by atoms with E-state index >= 15 is 0 Å². The third-order valence-electron chi connectivity index (χ3n) is 3.32. The van der Waals surface area contributed by atoms with E-state index in [-0.39, 0.29) is 17.5 Å². The minimum atomic E-state index is -3.57. The van der Waals surface area contributed by atoms with Crippen molar-refractivity contribution in [3.05, 3.63) is 28.8 Å². The molecule has 5 nitrogen and oxygen atoms in total. The van der Waals surface area contributed by atoms with Crippen LogP contribution in [0.5, 0.6) is 0 Å². The molecule has 1 aliphatic rings. The average Bonchev–Trinajstić information content (AvgIpc) is 2.38. The summed E-state index contributed by atoms with van der Waals surface area (Å²) in [6.45, 7) is 0.930. The summed E-state index contributed by atoms with van der Waals surface area (Å²) < 4.78 is 26.7. The van der Waals surface area contributed by atoms with Gasteiger partial charge < -0.3 is 11.5 Å². The fraction of sp³-hybridized carbons (Fsp3) is 0.500. The van der Waals surface area contributed by atoms with Gasteiger partial charge in [-0.2, -0.15) is 4.31 Å². The van der Waals surface area contributed by atoms with Gasteiger partial charge in [0.1, 0.15) is 0 Å². The van der Waals surface area contributed by atoms with Gasteiger partial charge in [-0.3, -0.25) is 0 Å². The number of sulfonamides is 1. The molecular formula is C12H18ClN3O2S. The zero-order valence-corrected chi connectivity index (χ0v) is 12.1. The Morgan fingerprint density at radius 1 is 1.42 bits per heavy atom. The summed E-state index contributed by atoms with van der Waals surface area (Å²) in [6, 6.07) is 4.70. The Kier molecular flexibility index (Phi) is 4.47. The largest absolute Gasteiger partial charge is 0.327 e. The normalized spacial score (nSPS) is 21.5. The molecule has 7 heteroatoms. The van der Waals surface area contributed by atoms with Gasteiger partial charge in [0, 0.05) is 36.3 Å². The highest BCUT2D eigenvalue weighted by atomic mass is 35.5. The molecule has 0 radical (unpaired) electrons. The zero-order valence-electron chi connectivity index (χ0n) is 10.5. The van der Waals surface area contributed by atoms with Gasteiger partial charge in [-0.05, 0) is 25.0 Å². The van der Waals surface area contributed by atoms with Crippen molar-refractivity contribution in [2.45, 2.75) is 30.3 Å². The predicted molar refractivity (Wildman–Crippen MR) is 75.3 cm³/mol. The van der Waals surface area contributed by atoms with Crippen molar-refractivity contribution < 1.29 is 8.42 Å². The number of hydrogen-bond donors (Lipinski definition) is 2. The fourth-order valence-electron chi connectivity index (χ4n) is 2.31. The van der Waals surface area contributed by atoms with Crippen molar-refractivity contribution in [3.8, 4) is 0 Å². The van der Waals surface area contributed by atoms with Crippen LogP contribution in [-0.2, 0) is 16.6 Å². The van der Waals surface area contributed by atoms with Crippen LogP contribution < -0.4 is 11.5 Å². The number of benzene rings is 1. The van der Waals surface area contributed by atoms with Crippen LogP contribution in [0.2, 0.25) is 5.02 Å². The van der Waals surface area contributed by atoms with Crippen LogP contribution in [-0.4, -0.2) is 31.9 Å². The summed E-state index contributed by atoms with van der Waals surface area (Å²) in [5.74, 6) is 0. The number of hydrogen-bond acceptors (Lipinski definition) is 4. The summed E-state index contributed by atoms with van der Waals surface area (Å²) >= 11 is 6.02. The SMILES string of the molecule is NCc1c(Cl)cccc1S(=O)(=O)N1CCCC(N)C1. The van der Waals surface area contributed by atoms with Crippen LogP contribution in [0.1, 0.15) is 18.4 Å². The van der Waals surface area contributed by atoms with E-state index in [9.17, 15) is 8.42 Å². The van der Waals surface area contributed by atoms with Crippen LogP contribution in [0.3, 0.4) is 0 Å².